The van der Waals surface area contributed by atoms with E-state index < -0.39 is 0 Å². The van der Waals surface area contributed by atoms with Gasteiger partial charge in [0, 0.05) is 31.4 Å². The van der Waals surface area contributed by atoms with E-state index in [4.69, 9.17) is 4.74 Å². The Balaban J connectivity index is 1.90. The lowest BCUT2D eigenvalue weighted by atomic mass is 9.96. The summed E-state index contributed by atoms with van der Waals surface area (Å²) in [6, 6.07) is 5.19. The van der Waals surface area contributed by atoms with Crippen molar-refractivity contribution in [3.8, 4) is 0 Å². The van der Waals surface area contributed by atoms with Gasteiger partial charge in [-0.05, 0) is 57.4 Å². The fraction of sp³-hybridized carbons (Fsp3) is 0.550. The monoisotopic (exact) mass is 375 g/mol. The zero-order valence-electron chi connectivity index (χ0n) is 16.5. The van der Waals surface area contributed by atoms with E-state index in [1.807, 2.05) is 32.0 Å². The average Bonchev–Trinajstić information content (AvgIpc) is 2.63. The number of nitrogens with one attached hydrogen (secondary N) is 2. The zero-order valence-corrected chi connectivity index (χ0v) is 16.5. The lowest BCUT2D eigenvalue weighted by Gasteiger charge is -2.33. The maximum Gasteiger partial charge on any atom is 0.309 e. The van der Waals surface area contributed by atoms with Gasteiger partial charge >= 0.3 is 5.97 Å². The van der Waals surface area contributed by atoms with E-state index in [9.17, 15) is 14.4 Å². The smallest absolute Gasteiger partial charge is 0.309 e. The molecule has 7 heteroatoms. The van der Waals surface area contributed by atoms with Crippen LogP contribution in [0.4, 0.5) is 11.4 Å². The number of esters is 1. The van der Waals surface area contributed by atoms with Crippen molar-refractivity contribution < 1.29 is 19.1 Å². The number of ether oxygens (including phenoxy) is 1. The number of hydrogen-bond acceptors (Lipinski definition) is 5. The summed E-state index contributed by atoms with van der Waals surface area (Å²) in [6.07, 6.45) is 1.28. The van der Waals surface area contributed by atoms with Gasteiger partial charge in [0.25, 0.3) is 0 Å². The highest BCUT2D eigenvalue weighted by molar-refractivity contribution is 5.90. The number of carbonyl (C=O) groups is 3. The largest absolute Gasteiger partial charge is 0.466 e. The lowest BCUT2D eigenvalue weighted by Crippen LogP contribution is -2.46. The molecule has 27 heavy (non-hydrogen) atoms. The summed E-state index contributed by atoms with van der Waals surface area (Å²) < 4.78 is 5.07. The van der Waals surface area contributed by atoms with E-state index in [0.717, 1.165) is 16.9 Å². The van der Waals surface area contributed by atoms with E-state index in [-0.39, 0.29) is 29.7 Å². The third-order valence-corrected chi connectivity index (χ3v) is 4.72. The second-order valence-corrected chi connectivity index (χ2v) is 6.93. The van der Waals surface area contributed by atoms with Gasteiger partial charge in [0.05, 0.1) is 12.5 Å². The minimum atomic E-state index is -0.379. The zero-order chi connectivity index (χ0) is 20.0. The van der Waals surface area contributed by atoms with Crippen molar-refractivity contribution in [1.82, 2.24) is 4.90 Å². The van der Waals surface area contributed by atoms with Gasteiger partial charge in [-0.15, -0.1) is 0 Å². The average molecular weight is 375 g/mol. The molecule has 1 saturated heterocycles. The maximum atomic E-state index is 12.7. The summed E-state index contributed by atoms with van der Waals surface area (Å²) in [6.45, 7) is 8.52. The van der Waals surface area contributed by atoms with Crippen molar-refractivity contribution in [1.29, 1.82) is 0 Å². The van der Waals surface area contributed by atoms with Crippen LogP contribution < -0.4 is 10.6 Å². The Kier molecular flexibility index (Phi) is 7.21. The van der Waals surface area contributed by atoms with Crippen LogP contribution in [-0.4, -0.2) is 48.4 Å². The summed E-state index contributed by atoms with van der Waals surface area (Å²) in [5.74, 6) is -0.374. The van der Waals surface area contributed by atoms with Crippen LogP contribution in [-0.2, 0) is 19.1 Å². The van der Waals surface area contributed by atoms with Gasteiger partial charge < -0.3 is 20.3 Å². The summed E-state index contributed by atoms with van der Waals surface area (Å²) in [5, 5.41) is 5.99. The normalized spacial score (nSPS) is 15.8. The predicted molar refractivity (Wildman–Crippen MR) is 105 cm³/mol. The molecule has 1 aromatic carbocycles. The van der Waals surface area contributed by atoms with Crippen LogP contribution >= 0.6 is 0 Å². The predicted octanol–water partition coefficient (Wildman–Crippen LogP) is 2.56. The fourth-order valence-electron chi connectivity index (χ4n) is 3.26. The number of likely N-dealkylation sites (tertiary alicyclic amines) is 1. The molecular weight excluding hydrogens is 346 g/mol. The van der Waals surface area contributed by atoms with Crippen LogP contribution in [0.5, 0.6) is 0 Å². The highest BCUT2D eigenvalue weighted by Crippen LogP contribution is 2.22. The number of anilines is 2. The topological polar surface area (TPSA) is 87.7 Å². The first-order valence-electron chi connectivity index (χ1n) is 9.42. The van der Waals surface area contributed by atoms with E-state index in [0.29, 0.717) is 32.5 Å². The molecule has 2 rings (SSSR count). The molecule has 0 bridgehead atoms. The number of piperidine rings is 1. The van der Waals surface area contributed by atoms with E-state index in [2.05, 4.69) is 10.6 Å². The fourth-order valence-corrected chi connectivity index (χ4v) is 3.26. The van der Waals surface area contributed by atoms with Gasteiger partial charge in [-0.2, -0.15) is 0 Å². The molecule has 0 aromatic heterocycles. The van der Waals surface area contributed by atoms with Crippen LogP contribution in [0.3, 0.4) is 0 Å². The number of hydrogen-bond donors (Lipinski definition) is 2. The first kappa shape index (κ1) is 20.7. The molecule has 0 spiro atoms. The molecule has 148 valence electrons. The minimum absolute atomic E-state index is 0.0147. The van der Waals surface area contributed by atoms with Gasteiger partial charge in [0.15, 0.2) is 0 Å². The second kappa shape index (κ2) is 9.39. The first-order chi connectivity index (χ1) is 12.8. The molecule has 1 aliphatic rings. The number of amides is 2. The molecule has 0 aliphatic carbocycles. The van der Waals surface area contributed by atoms with Crippen molar-refractivity contribution in [2.24, 2.45) is 5.92 Å². The maximum absolute atomic E-state index is 12.7. The van der Waals surface area contributed by atoms with Gasteiger partial charge in [-0.1, -0.05) is 0 Å². The van der Waals surface area contributed by atoms with E-state index >= 15 is 0 Å². The Morgan fingerprint density at radius 3 is 2.48 bits per heavy atom. The lowest BCUT2D eigenvalue weighted by molar-refractivity contribution is -0.151. The van der Waals surface area contributed by atoms with Crippen LogP contribution in [0.1, 0.15) is 39.2 Å². The van der Waals surface area contributed by atoms with Crippen LogP contribution in [0.15, 0.2) is 18.2 Å². The highest BCUT2D eigenvalue weighted by atomic mass is 16.5. The SMILES string of the molecule is CCOC(=O)C1CCN(C(=O)C(C)Nc2ccc(NC(C)=O)c(C)c2)CC1. The summed E-state index contributed by atoms with van der Waals surface area (Å²) in [7, 11) is 0. The Hall–Kier alpha value is -2.57. The third-order valence-electron chi connectivity index (χ3n) is 4.72. The molecule has 0 radical (unpaired) electrons. The van der Waals surface area contributed by atoms with Gasteiger partial charge in [-0.25, -0.2) is 0 Å². The summed E-state index contributed by atoms with van der Waals surface area (Å²) in [4.78, 5) is 37.5. The van der Waals surface area contributed by atoms with Crippen molar-refractivity contribution in [3.05, 3.63) is 23.8 Å². The number of aryl methyl sites for hydroxylation is 1. The summed E-state index contributed by atoms with van der Waals surface area (Å²) >= 11 is 0. The van der Waals surface area contributed by atoms with E-state index in [1.165, 1.54) is 6.92 Å². The molecule has 2 N–H and O–H groups in total. The number of carbonyl (C=O) groups excluding carboxylic acids is 3. The standard InChI is InChI=1S/C20H29N3O4/c1-5-27-20(26)16-8-10-23(11-9-16)19(25)14(3)21-17-6-7-18(13(2)12-17)22-15(4)24/h6-7,12,14,16,21H,5,8-11H2,1-4H3,(H,22,24). The molecule has 7 nitrogen and oxygen atoms in total. The van der Waals surface area contributed by atoms with Crippen LogP contribution in [0, 0.1) is 12.8 Å². The quantitative estimate of drug-likeness (QED) is 0.746. The Morgan fingerprint density at radius 2 is 1.93 bits per heavy atom. The molecule has 1 aliphatic heterocycles. The minimum Gasteiger partial charge on any atom is -0.466 e. The number of rotatable bonds is 6. The molecule has 1 aromatic rings. The number of nitrogens with zero attached hydrogens (tertiary/aromatic N) is 1. The van der Waals surface area contributed by atoms with Crippen molar-refractivity contribution in [2.75, 3.05) is 30.3 Å². The third kappa shape index (κ3) is 5.70. The molecule has 1 heterocycles. The summed E-state index contributed by atoms with van der Waals surface area (Å²) in [5.41, 5.74) is 2.50. The van der Waals surface area contributed by atoms with Crippen LogP contribution in [0.2, 0.25) is 0 Å². The van der Waals surface area contributed by atoms with Crippen LogP contribution in [0.25, 0.3) is 0 Å². The van der Waals surface area contributed by atoms with Crippen molar-refractivity contribution in [3.63, 3.8) is 0 Å². The Labute approximate surface area is 160 Å². The molecular formula is C20H29N3O4. The Bertz CT molecular complexity index is 696. The molecule has 1 fully saturated rings. The Morgan fingerprint density at radius 1 is 1.26 bits per heavy atom. The second-order valence-electron chi connectivity index (χ2n) is 6.93. The van der Waals surface area contributed by atoms with Gasteiger partial charge in [0.1, 0.15) is 6.04 Å². The highest BCUT2D eigenvalue weighted by Gasteiger charge is 2.30. The molecule has 1 unspecified atom stereocenters. The number of benzene rings is 1. The van der Waals surface area contributed by atoms with Gasteiger partial charge in [-0.3, -0.25) is 14.4 Å². The first-order valence-corrected chi connectivity index (χ1v) is 9.42. The molecule has 1 atom stereocenters. The molecule has 2 amide bonds. The van der Waals surface area contributed by atoms with Gasteiger partial charge in [0.2, 0.25) is 11.8 Å². The van der Waals surface area contributed by atoms with E-state index in [1.54, 1.807) is 11.8 Å². The van der Waals surface area contributed by atoms with Crippen molar-refractivity contribution in [2.45, 2.75) is 46.6 Å². The van der Waals surface area contributed by atoms with Crippen molar-refractivity contribution >= 4 is 29.2 Å². The molecule has 0 saturated carbocycles.